The first-order chi connectivity index (χ1) is 8.10. The first kappa shape index (κ1) is 14.5. The topological polar surface area (TPSA) is 55.8 Å². The van der Waals surface area contributed by atoms with Crippen LogP contribution in [0, 0.1) is 11.3 Å². The standard InChI is InChI=1S/C13H24O4/c1-11-4-6-13(10-11,12(14)15)5-3-7-17-9-8-16-2/h11H,3-10H2,1-2H3,(H,14,15). The van der Waals surface area contributed by atoms with Crippen molar-refractivity contribution in [3.8, 4) is 0 Å². The largest absolute Gasteiger partial charge is 0.481 e. The third-order valence-electron chi connectivity index (χ3n) is 3.68. The number of aliphatic carboxylic acids is 1. The molecule has 4 nitrogen and oxygen atoms in total. The van der Waals surface area contributed by atoms with Crippen LogP contribution in [0.25, 0.3) is 0 Å². The van der Waals surface area contributed by atoms with Gasteiger partial charge in [-0.1, -0.05) is 6.92 Å². The molecular weight excluding hydrogens is 220 g/mol. The van der Waals surface area contributed by atoms with Crippen LogP contribution in [0.3, 0.4) is 0 Å². The van der Waals surface area contributed by atoms with Gasteiger partial charge in [-0.15, -0.1) is 0 Å². The molecule has 0 aromatic heterocycles. The molecule has 0 aromatic carbocycles. The summed E-state index contributed by atoms with van der Waals surface area (Å²) >= 11 is 0. The third kappa shape index (κ3) is 4.28. The number of hydrogen-bond donors (Lipinski definition) is 1. The molecule has 1 N–H and O–H groups in total. The summed E-state index contributed by atoms with van der Waals surface area (Å²) in [6.45, 7) is 3.96. The van der Waals surface area contributed by atoms with Crippen LogP contribution in [0.4, 0.5) is 0 Å². The lowest BCUT2D eigenvalue weighted by atomic mass is 9.81. The van der Waals surface area contributed by atoms with Crippen LogP contribution < -0.4 is 0 Å². The highest BCUT2D eigenvalue weighted by Gasteiger charge is 2.43. The number of carboxylic acid groups (broad SMARTS) is 1. The van der Waals surface area contributed by atoms with Gasteiger partial charge in [0, 0.05) is 13.7 Å². The number of hydrogen-bond acceptors (Lipinski definition) is 3. The average Bonchev–Trinajstić information content (AvgIpc) is 2.67. The summed E-state index contributed by atoms with van der Waals surface area (Å²) in [7, 11) is 1.64. The Morgan fingerprint density at radius 2 is 2.18 bits per heavy atom. The lowest BCUT2D eigenvalue weighted by Gasteiger charge is -2.24. The molecule has 4 heteroatoms. The van der Waals surface area contributed by atoms with Gasteiger partial charge in [-0.3, -0.25) is 4.79 Å². The maximum Gasteiger partial charge on any atom is 0.309 e. The highest BCUT2D eigenvalue weighted by molar-refractivity contribution is 5.75. The highest BCUT2D eigenvalue weighted by Crippen LogP contribution is 2.45. The zero-order chi connectivity index (χ0) is 12.7. The second kappa shape index (κ2) is 6.97. The maximum absolute atomic E-state index is 11.4. The highest BCUT2D eigenvalue weighted by atomic mass is 16.5. The van der Waals surface area contributed by atoms with Crippen molar-refractivity contribution in [2.24, 2.45) is 11.3 Å². The van der Waals surface area contributed by atoms with E-state index in [0.717, 1.165) is 32.1 Å². The Hall–Kier alpha value is -0.610. The molecule has 2 unspecified atom stereocenters. The average molecular weight is 244 g/mol. The molecule has 0 spiro atoms. The minimum absolute atomic E-state index is 0.482. The molecule has 0 amide bonds. The summed E-state index contributed by atoms with van der Waals surface area (Å²) in [6, 6.07) is 0. The summed E-state index contributed by atoms with van der Waals surface area (Å²) in [4.78, 5) is 11.4. The Balaban J connectivity index is 2.24. The monoisotopic (exact) mass is 244 g/mol. The normalized spacial score (nSPS) is 28.5. The summed E-state index contributed by atoms with van der Waals surface area (Å²) in [5, 5.41) is 9.36. The molecule has 0 saturated heterocycles. The van der Waals surface area contributed by atoms with Gasteiger partial charge in [0.2, 0.25) is 0 Å². The molecule has 0 aliphatic heterocycles. The molecule has 17 heavy (non-hydrogen) atoms. The van der Waals surface area contributed by atoms with Crippen LogP contribution in [-0.2, 0) is 14.3 Å². The molecule has 1 aliphatic rings. The fraction of sp³-hybridized carbons (Fsp3) is 0.923. The van der Waals surface area contributed by atoms with Crippen molar-refractivity contribution in [3.05, 3.63) is 0 Å². The number of methoxy groups -OCH3 is 1. The van der Waals surface area contributed by atoms with E-state index < -0.39 is 11.4 Å². The van der Waals surface area contributed by atoms with Gasteiger partial charge in [-0.2, -0.15) is 0 Å². The van der Waals surface area contributed by atoms with E-state index in [1.165, 1.54) is 0 Å². The van der Waals surface area contributed by atoms with Gasteiger partial charge in [0.05, 0.1) is 18.6 Å². The van der Waals surface area contributed by atoms with E-state index in [2.05, 4.69) is 6.92 Å². The van der Waals surface area contributed by atoms with Gasteiger partial charge < -0.3 is 14.6 Å². The zero-order valence-corrected chi connectivity index (χ0v) is 10.9. The molecule has 1 saturated carbocycles. The van der Waals surface area contributed by atoms with Crippen molar-refractivity contribution in [2.75, 3.05) is 26.9 Å². The summed E-state index contributed by atoms with van der Waals surface area (Å²) in [5.41, 5.74) is -0.482. The molecule has 0 aromatic rings. The van der Waals surface area contributed by atoms with Gasteiger partial charge in [0.15, 0.2) is 0 Å². The number of carbonyl (C=O) groups is 1. The van der Waals surface area contributed by atoms with E-state index in [0.29, 0.717) is 25.7 Å². The third-order valence-corrected chi connectivity index (χ3v) is 3.68. The summed E-state index contributed by atoms with van der Waals surface area (Å²) in [5.74, 6) is -0.0840. The van der Waals surface area contributed by atoms with Gasteiger partial charge >= 0.3 is 5.97 Å². The van der Waals surface area contributed by atoms with Crippen molar-refractivity contribution in [1.82, 2.24) is 0 Å². The fourth-order valence-corrected chi connectivity index (χ4v) is 2.68. The molecule has 100 valence electrons. The van der Waals surface area contributed by atoms with Crippen LogP contribution in [0.5, 0.6) is 0 Å². The van der Waals surface area contributed by atoms with Crippen LogP contribution in [0.2, 0.25) is 0 Å². The van der Waals surface area contributed by atoms with Crippen LogP contribution >= 0.6 is 0 Å². The van der Waals surface area contributed by atoms with Crippen molar-refractivity contribution in [2.45, 2.75) is 39.0 Å². The van der Waals surface area contributed by atoms with Crippen LogP contribution in [0.1, 0.15) is 39.0 Å². The van der Waals surface area contributed by atoms with Gasteiger partial charge in [-0.25, -0.2) is 0 Å². The molecule has 0 bridgehead atoms. The summed E-state index contributed by atoms with van der Waals surface area (Å²) in [6.07, 6.45) is 4.24. The van der Waals surface area contributed by atoms with Crippen molar-refractivity contribution < 1.29 is 19.4 Å². The molecule has 1 fully saturated rings. The molecule has 2 atom stereocenters. The first-order valence-corrected chi connectivity index (χ1v) is 6.41. The lowest BCUT2D eigenvalue weighted by molar-refractivity contribution is -0.149. The second-order valence-electron chi connectivity index (χ2n) is 5.14. The minimum Gasteiger partial charge on any atom is -0.481 e. The molecule has 1 rings (SSSR count). The zero-order valence-electron chi connectivity index (χ0n) is 10.9. The Morgan fingerprint density at radius 1 is 1.41 bits per heavy atom. The molecule has 0 radical (unpaired) electrons. The fourth-order valence-electron chi connectivity index (χ4n) is 2.68. The van der Waals surface area contributed by atoms with E-state index in [1.807, 2.05) is 0 Å². The van der Waals surface area contributed by atoms with Crippen molar-refractivity contribution in [3.63, 3.8) is 0 Å². The van der Waals surface area contributed by atoms with E-state index >= 15 is 0 Å². The van der Waals surface area contributed by atoms with E-state index in [1.54, 1.807) is 7.11 Å². The van der Waals surface area contributed by atoms with E-state index in [4.69, 9.17) is 9.47 Å². The Kier molecular flexibility index (Phi) is 5.92. The van der Waals surface area contributed by atoms with E-state index in [9.17, 15) is 9.90 Å². The number of carboxylic acids is 1. The first-order valence-electron chi connectivity index (χ1n) is 6.41. The lowest BCUT2D eigenvalue weighted by Crippen LogP contribution is -2.28. The smallest absolute Gasteiger partial charge is 0.309 e. The van der Waals surface area contributed by atoms with Crippen LogP contribution in [0.15, 0.2) is 0 Å². The Labute approximate surface area is 103 Å². The minimum atomic E-state index is -0.626. The summed E-state index contributed by atoms with van der Waals surface area (Å²) < 4.78 is 10.2. The molecule has 0 heterocycles. The van der Waals surface area contributed by atoms with Gasteiger partial charge in [0.25, 0.3) is 0 Å². The number of rotatable bonds is 8. The van der Waals surface area contributed by atoms with Gasteiger partial charge in [-0.05, 0) is 38.0 Å². The Bertz CT molecular complexity index is 242. The predicted octanol–water partition coefficient (Wildman–Crippen LogP) is 2.32. The van der Waals surface area contributed by atoms with Crippen molar-refractivity contribution in [1.29, 1.82) is 0 Å². The maximum atomic E-state index is 11.4. The molecular formula is C13H24O4. The van der Waals surface area contributed by atoms with E-state index in [-0.39, 0.29) is 0 Å². The second-order valence-corrected chi connectivity index (χ2v) is 5.14. The van der Waals surface area contributed by atoms with Gasteiger partial charge in [0.1, 0.15) is 0 Å². The molecule has 1 aliphatic carbocycles. The van der Waals surface area contributed by atoms with Crippen LogP contribution in [-0.4, -0.2) is 38.0 Å². The number of ether oxygens (including phenoxy) is 2. The van der Waals surface area contributed by atoms with Crippen molar-refractivity contribution >= 4 is 5.97 Å². The Morgan fingerprint density at radius 3 is 2.71 bits per heavy atom. The quantitative estimate of drug-likeness (QED) is 0.666. The SMILES string of the molecule is COCCOCCCC1(C(=O)O)CCC(C)C1. The predicted molar refractivity (Wildman–Crippen MR) is 65.0 cm³/mol.